The Balaban J connectivity index is 2.34. The van der Waals surface area contributed by atoms with E-state index in [0.29, 0.717) is 18.4 Å². The first kappa shape index (κ1) is 13.2. The van der Waals surface area contributed by atoms with Crippen molar-refractivity contribution in [3.05, 3.63) is 40.5 Å². The third kappa shape index (κ3) is 3.14. The largest absolute Gasteiger partial charge is 0.310 e. The normalized spacial score (nSPS) is 11.2. The van der Waals surface area contributed by atoms with E-state index in [0.717, 1.165) is 10.0 Å². The molecule has 0 amide bonds. The summed E-state index contributed by atoms with van der Waals surface area (Å²) in [4.78, 5) is 4.10. The van der Waals surface area contributed by atoms with E-state index in [2.05, 4.69) is 31.3 Å². The Bertz CT molecular complexity index is 539. The highest BCUT2D eigenvalue weighted by Crippen LogP contribution is 2.15. The minimum Gasteiger partial charge on any atom is -0.310 e. The molecular weight excluding hydrogens is 299 g/mol. The minimum atomic E-state index is -0.342. The van der Waals surface area contributed by atoms with Crippen molar-refractivity contribution < 1.29 is 4.39 Å². The Morgan fingerprint density at radius 1 is 1.44 bits per heavy atom. The second kappa shape index (κ2) is 5.58. The summed E-state index contributed by atoms with van der Waals surface area (Å²) in [5.41, 5.74) is 0.777. The molecule has 0 unspecified atom stereocenters. The van der Waals surface area contributed by atoms with E-state index in [4.69, 9.17) is 0 Å². The summed E-state index contributed by atoms with van der Waals surface area (Å²) in [7, 11) is 0. The van der Waals surface area contributed by atoms with E-state index >= 15 is 0 Å². The SMILES string of the molecule is CC(C)NCc1cc(F)cnc1-n1cc(Br)cn1. The highest BCUT2D eigenvalue weighted by molar-refractivity contribution is 9.10. The van der Waals surface area contributed by atoms with Crippen molar-refractivity contribution in [2.75, 3.05) is 0 Å². The van der Waals surface area contributed by atoms with Crippen LogP contribution in [0.25, 0.3) is 5.82 Å². The summed E-state index contributed by atoms with van der Waals surface area (Å²) >= 11 is 3.33. The van der Waals surface area contributed by atoms with Gasteiger partial charge in [-0.2, -0.15) is 5.10 Å². The maximum absolute atomic E-state index is 13.3. The second-order valence-corrected chi connectivity index (χ2v) is 5.19. The molecule has 0 aliphatic carbocycles. The molecule has 0 fully saturated rings. The molecule has 0 saturated heterocycles. The van der Waals surface area contributed by atoms with Crippen molar-refractivity contribution in [2.45, 2.75) is 26.4 Å². The van der Waals surface area contributed by atoms with Crippen LogP contribution in [0.1, 0.15) is 19.4 Å². The first-order chi connectivity index (χ1) is 8.56. The fraction of sp³-hybridized carbons (Fsp3) is 0.333. The van der Waals surface area contributed by atoms with Crippen LogP contribution >= 0.6 is 15.9 Å². The average molecular weight is 313 g/mol. The molecule has 4 nitrogen and oxygen atoms in total. The van der Waals surface area contributed by atoms with Crippen molar-refractivity contribution in [1.82, 2.24) is 20.1 Å². The first-order valence-corrected chi connectivity index (χ1v) is 6.44. The summed E-state index contributed by atoms with van der Waals surface area (Å²) in [6.45, 7) is 4.63. The van der Waals surface area contributed by atoms with Gasteiger partial charge in [0.15, 0.2) is 5.82 Å². The number of aromatic nitrogens is 3. The predicted octanol–water partition coefficient (Wildman–Crippen LogP) is 2.67. The van der Waals surface area contributed by atoms with Crippen molar-refractivity contribution in [3.63, 3.8) is 0 Å². The fourth-order valence-corrected chi connectivity index (χ4v) is 1.83. The van der Waals surface area contributed by atoms with Crippen LogP contribution in [0, 0.1) is 5.82 Å². The predicted molar refractivity (Wildman–Crippen MR) is 71.0 cm³/mol. The number of hydrogen-bond acceptors (Lipinski definition) is 3. The van der Waals surface area contributed by atoms with Gasteiger partial charge in [0.05, 0.1) is 16.9 Å². The third-order valence-corrected chi connectivity index (χ3v) is 2.79. The number of rotatable bonds is 4. The molecule has 2 aromatic heterocycles. The average Bonchev–Trinajstić information content (AvgIpc) is 2.73. The molecule has 0 atom stereocenters. The molecule has 0 aliphatic rings. The number of nitrogens with zero attached hydrogens (tertiary/aromatic N) is 3. The lowest BCUT2D eigenvalue weighted by atomic mass is 10.2. The molecule has 96 valence electrons. The summed E-state index contributed by atoms with van der Waals surface area (Å²) in [5.74, 6) is 0.292. The molecular formula is C12H14BrFN4. The van der Waals surface area contributed by atoms with Gasteiger partial charge in [0.2, 0.25) is 0 Å². The molecule has 0 saturated carbocycles. The van der Waals surface area contributed by atoms with Gasteiger partial charge < -0.3 is 5.32 Å². The minimum absolute atomic E-state index is 0.325. The van der Waals surface area contributed by atoms with E-state index in [1.807, 2.05) is 13.8 Å². The van der Waals surface area contributed by atoms with Gasteiger partial charge >= 0.3 is 0 Å². The summed E-state index contributed by atoms with van der Waals surface area (Å²) in [5, 5.41) is 7.41. The molecule has 18 heavy (non-hydrogen) atoms. The number of pyridine rings is 1. The summed E-state index contributed by atoms with van der Waals surface area (Å²) in [6.07, 6.45) is 4.66. The summed E-state index contributed by atoms with van der Waals surface area (Å²) in [6, 6.07) is 1.80. The quantitative estimate of drug-likeness (QED) is 0.944. The van der Waals surface area contributed by atoms with Gasteiger partial charge in [0.25, 0.3) is 0 Å². The van der Waals surface area contributed by atoms with E-state index < -0.39 is 0 Å². The lowest BCUT2D eigenvalue weighted by molar-refractivity contribution is 0.574. The molecule has 1 N–H and O–H groups in total. The molecule has 2 rings (SSSR count). The molecule has 0 aromatic carbocycles. The van der Waals surface area contributed by atoms with E-state index in [9.17, 15) is 4.39 Å². The van der Waals surface area contributed by atoms with Gasteiger partial charge in [-0.25, -0.2) is 14.1 Å². The Morgan fingerprint density at radius 2 is 2.22 bits per heavy atom. The van der Waals surface area contributed by atoms with Crippen LogP contribution in [-0.4, -0.2) is 20.8 Å². The van der Waals surface area contributed by atoms with Crippen LogP contribution < -0.4 is 5.32 Å². The Kier molecular flexibility index (Phi) is 4.08. The van der Waals surface area contributed by atoms with Crippen LogP contribution in [-0.2, 0) is 6.54 Å². The Morgan fingerprint density at radius 3 is 2.83 bits per heavy atom. The zero-order valence-electron chi connectivity index (χ0n) is 10.2. The van der Waals surface area contributed by atoms with Crippen LogP contribution in [0.15, 0.2) is 29.1 Å². The van der Waals surface area contributed by atoms with Gasteiger partial charge in [0.1, 0.15) is 5.82 Å². The number of halogens is 2. The van der Waals surface area contributed by atoms with Crippen LogP contribution in [0.2, 0.25) is 0 Å². The highest BCUT2D eigenvalue weighted by Gasteiger charge is 2.09. The zero-order chi connectivity index (χ0) is 13.1. The molecule has 2 heterocycles. The van der Waals surface area contributed by atoms with Crippen LogP contribution in [0.3, 0.4) is 0 Å². The van der Waals surface area contributed by atoms with Gasteiger partial charge in [-0.15, -0.1) is 0 Å². The van der Waals surface area contributed by atoms with Gasteiger partial charge in [0, 0.05) is 24.3 Å². The fourth-order valence-electron chi connectivity index (χ4n) is 1.54. The van der Waals surface area contributed by atoms with Gasteiger partial charge in [-0.1, -0.05) is 13.8 Å². The first-order valence-electron chi connectivity index (χ1n) is 5.64. The van der Waals surface area contributed by atoms with Gasteiger partial charge in [-0.05, 0) is 22.0 Å². The van der Waals surface area contributed by atoms with E-state index in [-0.39, 0.29) is 5.82 Å². The highest BCUT2D eigenvalue weighted by atomic mass is 79.9. The second-order valence-electron chi connectivity index (χ2n) is 4.27. The summed E-state index contributed by atoms with van der Waals surface area (Å²) < 4.78 is 15.7. The molecule has 0 radical (unpaired) electrons. The number of nitrogens with one attached hydrogen (secondary N) is 1. The van der Waals surface area contributed by atoms with Crippen molar-refractivity contribution in [3.8, 4) is 5.82 Å². The van der Waals surface area contributed by atoms with E-state index in [1.165, 1.54) is 12.3 Å². The van der Waals surface area contributed by atoms with Crippen LogP contribution in [0.5, 0.6) is 0 Å². The maximum atomic E-state index is 13.3. The van der Waals surface area contributed by atoms with Crippen LogP contribution in [0.4, 0.5) is 4.39 Å². The Hall–Kier alpha value is -1.27. The molecule has 0 aliphatic heterocycles. The standard InChI is InChI=1S/C12H14BrFN4/c1-8(2)15-4-9-3-11(14)6-16-12(9)18-7-10(13)5-17-18/h3,5-8,15H,4H2,1-2H3. The lowest BCUT2D eigenvalue weighted by Gasteiger charge is -2.11. The van der Waals surface area contributed by atoms with Crippen molar-refractivity contribution in [1.29, 1.82) is 0 Å². The number of hydrogen-bond donors (Lipinski definition) is 1. The lowest BCUT2D eigenvalue weighted by Crippen LogP contribution is -2.23. The smallest absolute Gasteiger partial charge is 0.158 e. The third-order valence-electron chi connectivity index (χ3n) is 2.38. The van der Waals surface area contributed by atoms with E-state index in [1.54, 1.807) is 17.1 Å². The molecule has 0 bridgehead atoms. The Labute approximate surface area is 113 Å². The molecule has 0 spiro atoms. The molecule has 6 heteroatoms. The van der Waals surface area contributed by atoms with Crippen molar-refractivity contribution in [2.24, 2.45) is 0 Å². The molecule has 2 aromatic rings. The monoisotopic (exact) mass is 312 g/mol. The van der Waals surface area contributed by atoms with Gasteiger partial charge in [-0.3, -0.25) is 0 Å². The zero-order valence-corrected chi connectivity index (χ0v) is 11.8. The van der Waals surface area contributed by atoms with Crippen molar-refractivity contribution >= 4 is 15.9 Å². The topological polar surface area (TPSA) is 42.7 Å². The maximum Gasteiger partial charge on any atom is 0.158 e.